The number of aromatic nitrogens is 2. The van der Waals surface area contributed by atoms with Gasteiger partial charge in [0.2, 0.25) is 0 Å². The molecule has 0 aromatic carbocycles. The molecule has 13 heavy (non-hydrogen) atoms. The molecule has 0 spiro atoms. The molecule has 1 atom stereocenters. The Hall–Kier alpha value is -0.830. The van der Waals surface area contributed by atoms with Gasteiger partial charge in [-0.3, -0.25) is 0 Å². The van der Waals surface area contributed by atoms with Crippen LogP contribution in [-0.2, 0) is 6.54 Å². The Morgan fingerprint density at radius 1 is 1.62 bits per heavy atom. The highest BCUT2D eigenvalue weighted by molar-refractivity contribution is 5.12. The summed E-state index contributed by atoms with van der Waals surface area (Å²) >= 11 is 0. The lowest BCUT2D eigenvalue weighted by molar-refractivity contribution is 0.451. The Bertz CT molecular complexity index is 301. The van der Waals surface area contributed by atoms with Gasteiger partial charge >= 0.3 is 0 Å². The summed E-state index contributed by atoms with van der Waals surface area (Å²) in [5.41, 5.74) is 7.15. The number of nitrogens with two attached hydrogens (primary N) is 1. The third-order valence-electron chi connectivity index (χ3n) is 2.66. The van der Waals surface area contributed by atoms with E-state index in [0.29, 0.717) is 5.92 Å². The summed E-state index contributed by atoms with van der Waals surface area (Å²) in [6, 6.07) is 0.154. The molecule has 0 unspecified atom stereocenters. The number of rotatable bonds is 1. The number of hydrogen-bond donors (Lipinski definition) is 1. The molecular weight excluding hydrogens is 162 g/mol. The maximum Gasteiger partial charge on any atom is 0.125 e. The van der Waals surface area contributed by atoms with E-state index in [9.17, 15) is 0 Å². The zero-order valence-electron chi connectivity index (χ0n) is 8.33. The standard InChI is InChI=1S/C10H17N3/c1-7(2)9-6-13-5-3-4-8(11)10(13)12-9/h6-8H,3-5,11H2,1-2H3/t8-/m1/s1. The van der Waals surface area contributed by atoms with Crippen LogP contribution < -0.4 is 5.73 Å². The van der Waals surface area contributed by atoms with E-state index in [-0.39, 0.29) is 6.04 Å². The first-order valence-electron chi connectivity index (χ1n) is 5.01. The molecule has 0 saturated carbocycles. The third-order valence-corrected chi connectivity index (χ3v) is 2.66. The molecule has 2 heterocycles. The summed E-state index contributed by atoms with van der Waals surface area (Å²) < 4.78 is 2.21. The Kier molecular flexibility index (Phi) is 2.12. The van der Waals surface area contributed by atoms with Crippen molar-refractivity contribution < 1.29 is 0 Å². The van der Waals surface area contributed by atoms with Gasteiger partial charge in [0.15, 0.2) is 0 Å². The molecule has 0 aliphatic carbocycles. The molecule has 1 aliphatic rings. The fraction of sp³-hybridized carbons (Fsp3) is 0.700. The van der Waals surface area contributed by atoms with Gasteiger partial charge in [-0.15, -0.1) is 0 Å². The zero-order chi connectivity index (χ0) is 9.42. The van der Waals surface area contributed by atoms with Gasteiger partial charge in [0.25, 0.3) is 0 Å². The van der Waals surface area contributed by atoms with Gasteiger partial charge in [0.1, 0.15) is 5.82 Å². The zero-order valence-corrected chi connectivity index (χ0v) is 8.33. The van der Waals surface area contributed by atoms with E-state index in [2.05, 4.69) is 29.6 Å². The van der Waals surface area contributed by atoms with E-state index in [1.165, 1.54) is 12.1 Å². The molecule has 3 nitrogen and oxygen atoms in total. The van der Waals surface area contributed by atoms with Crippen LogP contribution in [-0.4, -0.2) is 9.55 Å². The summed E-state index contributed by atoms with van der Waals surface area (Å²) in [6.45, 7) is 5.42. The van der Waals surface area contributed by atoms with Crippen LogP contribution in [0.25, 0.3) is 0 Å². The van der Waals surface area contributed by atoms with Gasteiger partial charge in [-0.2, -0.15) is 0 Å². The molecule has 2 rings (SSSR count). The Balaban J connectivity index is 2.36. The van der Waals surface area contributed by atoms with Crippen molar-refractivity contribution in [2.24, 2.45) is 5.73 Å². The van der Waals surface area contributed by atoms with Crippen LogP contribution in [0.5, 0.6) is 0 Å². The highest BCUT2D eigenvalue weighted by atomic mass is 15.1. The lowest BCUT2D eigenvalue weighted by atomic mass is 10.1. The number of fused-ring (bicyclic) bond motifs is 1. The molecule has 3 heteroatoms. The van der Waals surface area contributed by atoms with Crippen LogP contribution in [0.15, 0.2) is 6.20 Å². The second-order valence-corrected chi connectivity index (χ2v) is 4.12. The van der Waals surface area contributed by atoms with Gasteiger partial charge in [-0.1, -0.05) is 13.8 Å². The first kappa shape index (κ1) is 8.75. The van der Waals surface area contributed by atoms with E-state index in [4.69, 9.17) is 5.73 Å². The smallest absolute Gasteiger partial charge is 0.125 e. The van der Waals surface area contributed by atoms with Crippen molar-refractivity contribution in [1.29, 1.82) is 0 Å². The molecule has 1 aromatic heterocycles. The molecule has 1 aliphatic heterocycles. The number of aryl methyl sites for hydroxylation is 1. The van der Waals surface area contributed by atoms with Gasteiger partial charge in [0.05, 0.1) is 11.7 Å². The largest absolute Gasteiger partial charge is 0.333 e. The van der Waals surface area contributed by atoms with E-state index in [1.807, 2.05) is 0 Å². The number of nitrogens with zero attached hydrogens (tertiary/aromatic N) is 2. The molecule has 0 amide bonds. The molecule has 72 valence electrons. The van der Waals surface area contributed by atoms with Crippen LogP contribution in [0.4, 0.5) is 0 Å². The summed E-state index contributed by atoms with van der Waals surface area (Å²) in [5.74, 6) is 1.58. The lowest BCUT2D eigenvalue weighted by Gasteiger charge is -2.19. The normalized spacial score (nSPS) is 22.0. The van der Waals surface area contributed by atoms with Crippen molar-refractivity contribution >= 4 is 0 Å². The fourth-order valence-electron chi connectivity index (χ4n) is 1.81. The lowest BCUT2D eigenvalue weighted by Crippen LogP contribution is -2.21. The fourth-order valence-corrected chi connectivity index (χ4v) is 1.81. The quantitative estimate of drug-likeness (QED) is 0.714. The van der Waals surface area contributed by atoms with E-state index < -0.39 is 0 Å². The predicted octanol–water partition coefficient (Wildman–Crippen LogP) is 1.80. The molecule has 2 N–H and O–H groups in total. The van der Waals surface area contributed by atoms with Crippen molar-refractivity contribution in [1.82, 2.24) is 9.55 Å². The third kappa shape index (κ3) is 1.48. The van der Waals surface area contributed by atoms with Crippen molar-refractivity contribution in [2.75, 3.05) is 0 Å². The highest BCUT2D eigenvalue weighted by Gasteiger charge is 2.20. The van der Waals surface area contributed by atoms with Crippen LogP contribution in [0.2, 0.25) is 0 Å². The number of hydrogen-bond acceptors (Lipinski definition) is 2. The van der Waals surface area contributed by atoms with Crippen molar-refractivity contribution in [3.05, 3.63) is 17.7 Å². The van der Waals surface area contributed by atoms with Gasteiger partial charge in [0, 0.05) is 12.7 Å². The number of imidazole rings is 1. The van der Waals surface area contributed by atoms with Crippen molar-refractivity contribution in [2.45, 2.75) is 45.2 Å². The Morgan fingerprint density at radius 2 is 2.38 bits per heavy atom. The van der Waals surface area contributed by atoms with Crippen LogP contribution in [0.3, 0.4) is 0 Å². The topological polar surface area (TPSA) is 43.8 Å². The minimum atomic E-state index is 0.154. The summed E-state index contributed by atoms with van der Waals surface area (Å²) in [5, 5.41) is 0. The Morgan fingerprint density at radius 3 is 3.00 bits per heavy atom. The molecule has 1 aromatic rings. The van der Waals surface area contributed by atoms with Gasteiger partial charge < -0.3 is 10.3 Å². The monoisotopic (exact) mass is 179 g/mol. The second-order valence-electron chi connectivity index (χ2n) is 4.12. The minimum absolute atomic E-state index is 0.154. The average Bonchev–Trinajstić information content (AvgIpc) is 2.49. The molecule has 0 fully saturated rings. The van der Waals surface area contributed by atoms with Gasteiger partial charge in [-0.05, 0) is 18.8 Å². The van der Waals surface area contributed by atoms with E-state index in [0.717, 1.165) is 18.8 Å². The van der Waals surface area contributed by atoms with Crippen LogP contribution >= 0.6 is 0 Å². The molecule has 0 bridgehead atoms. The van der Waals surface area contributed by atoms with Gasteiger partial charge in [-0.25, -0.2) is 4.98 Å². The Labute approximate surface area is 79.0 Å². The summed E-state index contributed by atoms with van der Waals surface area (Å²) in [4.78, 5) is 4.57. The molecule has 0 saturated heterocycles. The highest BCUT2D eigenvalue weighted by Crippen LogP contribution is 2.24. The van der Waals surface area contributed by atoms with E-state index in [1.54, 1.807) is 0 Å². The predicted molar refractivity (Wildman–Crippen MR) is 52.5 cm³/mol. The van der Waals surface area contributed by atoms with E-state index >= 15 is 0 Å². The van der Waals surface area contributed by atoms with Crippen LogP contribution in [0, 0.1) is 0 Å². The maximum atomic E-state index is 5.98. The SMILES string of the molecule is CC(C)c1cn2c(n1)[C@H](N)CCC2. The average molecular weight is 179 g/mol. The first-order chi connectivity index (χ1) is 6.18. The summed E-state index contributed by atoms with van der Waals surface area (Å²) in [7, 11) is 0. The van der Waals surface area contributed by atoms with Crippen LogP contribution in [0.1, 0.15) is 50.2 Å². The summed E-state index contributed by atoms with van der Waals surface area (Å²) in [6.07, 6.45) is 4.41. The molecule has 0 radical (unpaired) electrons. The first-order valence-corrected chi connectivity index (χ1v) is 5.01. The van der Waals surface area contributed by atoms with Crippen molar-refractivity contribution in [3.8, 4) is 0 Å². The second kappa shape index (κ2) is 3.14. The maximum absolute atomic E-state index is 5.98. The minimum Gasteiger partial charge on any atom is -0.333 e. The van der Waals surface area contributed by atoms with Crippen molar-refractivity contribution in [3.63, 3.8) is 0 Å². The molecular formula is C10H17N3.